The molecule has 0 aromatic heterocycles. The number of nitrogens with two attached hydrogens (primary N) is 3. The standard InChI is InChI=1S/C42H51N3O8.C37H60N8O7.C9H18N5O2.ClH.H2O.Rb.2H2/c1-26-15-17-27(18-16-26)23-33(37(48)45-42(38(49)50)21-19-41(5,6)20-22-42)43-36(47)34(24-35(46)53-40(2,3)4)44-39(51)52-25-32-30-13-9-7-11-28(30)29-12-8-10-14-31(29)32;1-23-11-13-25(14-12-23)20-28(43-30(48)26(38)21-29(47)52-35(3,4)5)32(50)45-37(17-15-36(6,7)16-18-37)33(51)44-27(31(49)42-22-24(2)46)10-9-19-41-34(39)40-8;1-12-9(11)14-4-2-3-7(10)8(16)13-5-6-15;;;;;/h7-18,32-34H,19-25H2,1-6H3,(H,43,47)(H,44,51)(H,45,48)(H,49,50);11-14,26-28H,9-10,15-22,38H2,1-8H3,(H,42,49)(H,43,48)(H,44,51)(H,45,50)(H3,39,40,41);7H,2-5,10H2,1H3,(H,13,16)(H3,11,12,14);1H;1H2;;2*1H/q;;-1;;;+1;;/p-1/t33-,34+;26-,27-,28+;7-;;;;;/m100...../s1/i;;;;;;2*1+1. The number of ether oxygens (including phenoxy) is 3. The van der Waals surface area contributed by atoms with Gasteiger partial charge in [-0.05, 0) is 177 Å². The van der Waals surface area contributed by atoms with Gasteiger partial charge in [-0.25, -0.2) is 15.9 Å². The van der Waals surface area contributed by atoms with Gasteiger partial charge in [-0.15, -0.1) is 0 Å². The molecule has 0 aliphatic heterocycles. The number of aryl methyl sites for hydroxylation is 2. The second-order valence-electron chi connectivity index (χ2n) is 34.8. The van der Waals surface area contributed by atoms with E-state index in [0.717, 1.165) is 50.9 Å². The van der Waals surface area contributed by atoms with Crippen LogP contribution in [0.4, 0.5) is 4.79 Å². The van der Waals surface area contributed by atoms with E-state index >= 15 is 0 Å². The van der Waals surface area contributed by atoms with Crippen molar-refractivity contribution in [3.63, 3.8) is 0 Å². The number of hydrogen-bond donors (Lipinski definition) is 15. The zero-order valence-corrected chi connectivity index (χ0v) is 80.4. The molecule has 0 spiro atoms. The molecule has 684 valence electrons. The van der Waals surface area contributed by atoms with Gasteiger partial charge in [0.15, 0.2) is 18.0 Å². The number of nitrogens with zero attached hydrogens (tertiary/aromatic N) is 2. The number of esters is 2. The molecule has 4 aromatic carbocycles. The normalized spacial score (nSPS) is 16.1. The molecule has 6 atom stereocenters. The molecule has 2 saturated carbocycles. The number of amides is 8. The average Bonchev–Trinajstić information content (AvgIpc) is 1.40. The number of carbonyl (C=O) groups excluding carboxylic acids is 12. The Morgan fingerprint density at radius 3 is 1.42 bits per heavy atom. The van der Waals surface area contributed by atoms with Crippen LogP contribution in [-0.2, 0) is 84.6 Å². The summed E-state index contributed by atoms with van der Waals surface area (Å²) in [7, 11) is 3.13. The quantitative estimate of drug-likeness (QED) is 0.00629. The largest absolute Gasteiger partial charge is 1.00 e. The number of Topliss-reactive ketones (excluding diaryl/α,β-unsaturated/α-hetero) is 1. The number of rotatable bonds is 36. The van der Waals surface area contributed by atoms with Crippen LogP contribution in [0, 0.1) is 24.7 Å². The third-order valence-electron chi connectivity index (χ3n) is 21.1. The number of quaternary nitrogens is 1. The van der Waals surface area contributed by atoms with Gasteiger partial charge in [0.1, 0.15) is 58.8 Å². The molecule has 7 rings (SSSR count). The minimum atomic E-state index is -1.50. The van der Waals surface area contributed by atoms with Crippen LogP contribution in [0.15, 0.2) is 107 Å². The predicted octanol–water partition coefficient (Wildman–Crippen LogP) is -1.30. The molecule has 34 nitrogen and oxygen atoms in total. The molecular weight excluding hydrogens is 1690 g/mol. The fourth-order valence-corrected chi connectivity index (χ4v) is 13.8. The Balaban J connectivity index is 0.00000204. The summed E-state index contributed by atoms with van der Waals surface area (Å²) in [6.45, 7) is 24.4. The first-order valence-electron chi connectivity index (χ1n) is 41.1. The van der Waals surface area contributed by atoms with Crippen LogP contribution in [0.1, 0.15) is 208 Å². The topological polar surface area (TPSA) is 551 Å². The van der Waals surface area contributed by atoms with Gasteiger partial charge >= 0.3 is 82.2 Å². The Labute approximate surface area is 786 Å². The first-order valence-corrected chi connectivity index (χ1v) is 41.1. The number of aliphatic carboxylic acids is 1. The maximum absolute atomic E-state index is 14.3. The van der Waals surface area contributed by atoms with Crippen LogP contribution in [0.3, 0.4) is 0 Å². The first-order chi connectivity index (χ1) is 56.7. The van der Waals surface area contributed by atoms with Crippen LogP contribution in [0.25, 0.3) is 11.1 Å². The van der Waals surface area contributed by atoms with Crippen LogP contribution >= 0.6 is 0 Å². The first kappa shape index (κ1) is 111. The Morgan fingerprint density at radius 1 is 0.556 bits per heavy atom. The third-order valence-corrected chi connectivity index (χ3v) is 21.1. The molecule has 0 heterocycles. The molecule has 124 heavy (non-hydrogen) atoms. The van der Waals surface area contributed by atoms with Gasteiger partial charge < -0.3 is 118 Å². The summed E-state index contributed by atoms with van der Waals surface area (Å²) in [6.07, 6.45) is 5.22. The maximum atomic E-state index is 14.3. The Bertz CT molecular complexity index is 4250. The molecule has 0 saturated heterocycles. The van der Waals surface area contributed by atoms with Gasteiger partial charge in [-0.2, -0.15) is 0 Å². The number of benzene rings is 4. The Morgan fingerprint density at radius 2 is 0.984 bits per heavy atom. The Hall–Kier alpha value is -9.29. The molecule has 36 heteroatoms. The molecule has 21 N–H and O–H groups in total. The number of aliphatic imine (C=N–C) groups is 2. The number of ketones is 1. The summed E-state index contributed by atoms with van der Waals surface area (Å²) >= 11 is 0. The summed E-state index contributed by atoms with van der Waals surface area (Å²) in [4.78, 5) is 175. The summed E-state index contributed by atoms with van der Waals surface area (Å²) in [6, 6.07) is 24.1. The van der Waals surface area contributed by atoms with E-state index in [9.17, 15) is 67.4 Å². The molecule has 4 aromatic rings. The van der Waals surface area contributed by atoms with Crippen molar-refractivity contribution in [3.05, 3.63) is 130 Å². The molecular formula is C88H135ClN16O18Rb-. The van der Waals surface area contributed by atoms with E-state index in [4.69, 9.17) is 31.4 Å². The SMILES string of the molecule is CN=C(N)NCCC[C@H](NC(=O)C1(NC(=O)[C@@H](Cc2ccc(C)cc2)NC(=O)[C@@H](N)CC(=O)OC(C)(C)C)CCC(C)(C)CC1)C(=O)NCC(C)=O.CN=C(N)NCCC[C@H]([NH3+])C(=O)NC[C-]=O.Cc1ccc(C[C@@H](NC(=O)[C@H](CC(=O)OC(C)(C)C)NC(=O)OCC2c3ccccc3-c3ccccc32)C(=O)NC2(C(=O)O)CCC(C)(C)CC2)cc1.[2HH].[2HH].[Cl-].[OH-].[Rb+]. The van der Waals surface area contributed by atoms with E-state index < -0.39 is 125 Å². The summed E-state index contributed by atoms with van der Waals surface area (Å²) < 4.78 is 16.5. The van der Waals surface area contributed by atoms with Gasteiger partial charge in [0, 0.05) is 55.2 Å². The van der Waals surface area contributed by atoms with Crippen LogP contribution in [0.5, 0.6) is 0 Å². The number of hydrogen-bond acceptors (Lipinski definition) is 20. The number of carboxylic acid groups (broad SMARTS) is 1. The third kappa shape index (κ3) is 37.9. The van der Waals surface area contributed by atoms with Crippen molar-refractivity contribution in [3.8, 4) is 11.1 Å². The van der Waals surface area contributed by atoms with E-state index in [-0.39, 0.29) is 184 Å². The van der Waals surface area contributed by atoms with E-state index in [2.05, 4.69) is 96.6 Å². The van der Waals surface area contributed by atoms with Gasteiger partial charge in [0.2, 0.25) is 35.4 Å². The van der Waals surface area contributed by atoms with Crippen molar-refractivity contribution in [1.82, 2.24) is 53.2 Å². The van der Waals surface area contributed by atoms with E-state index in [1.165, 1.54) is 14.0 Å². The Kier molecular flexibility index (Phi) is 46.4. The zero-order valence-electron chi connectivity index (χ0n) is 74.8. The summed E-state index contributed by atoms with van der Waals surface area (Å²) in [5.41, 5.74) is 23.8. The second kappa shape index (κ2) is 52.0. The molecule has 3 aliphatic carbocycles. The van der Waals surface area contributed by atoms with Crippen molar-refractivity contribution in [2.24, 2.45) is 38.0 Å². The number of halogens is 1. The van der Waals surface area contributed by atoms with Gasteiger partial charge in [-0.3, -0.25) is 57.9 Å². The average molecular weight is 1830 g/mol. The van der Waals surface area contributed by atoms with Crippen molar-refractivity contribution < 1.29 is 166 Å². The van der Waals surface area contributed by atoms with Crippen LogP contribution in [0.2, 0.25) is 0 Å². The molecule has 0 radical (unpaired) electrons. The summed E-state index contributed by atoms with van der Waals surface area (Å²) in [5.74, 6) is -6.61. The molecule has 2 fully saturated rings. The van der Waals surface area contributed by atoms with Crippen LogP contribution in [-0.4, -0.2) is 205 Å². The molecule has 0 unspecified atom stereocenters. The minimum Gasteiger partial charge on any atom is -1.00 e. The number of alkyl carbamates (subject to hydrolysis) is 1. The molecule has 3 aliphatic rings. The predicted molar refractivity (Wildman–Crippen MR) is 465 cm³/mol. The number of carboxylic acids is 1. The number of nitrogens with one attached hydrogen (secondary N) is 10. The monoisotopic (exact) mass is 1830 g/mol. The van der Waals surface area contributed by atoms with Crippen molar-refractivity contribution in [2.45, 2.75) is 257 Å². The second-order valence-corrected chi connectivity index (χ2v) is 34.8. The van der Waals surface area contributed by atoms with Gasteiger partial charge in [0.05, 0.1) is 25.4 Å². The minimum absolute atomic E-state index is 0. The van der Waals surface area contributed by atoms with E-state index in [1.807, 2.05) is 111 Å². The fraction of sp³-hybridized carbons (Fsp3) is 0.557. The fourth-order valence-electron chi connectivity index (χ4n) is 13.8. The zero-order chi connectivity index (χ0) is 90.2. The van der Waals surface area contributed by atoms with Crippen LogP contribution < -0.4 is 147 Å². The number of guanidine groups is 2. The smallest absolute Gasteiger partial charge is 1.00 e. The summed E-state index contributed by atoms with van der Waals surface area (Å²) in [5, 5.41) is 37.6. The molecule has 8 amide bonds. The van der Waals surface area contributed by atoms with E-state index in [1.54, 1.807) is 54.9 Å². The van der Waals surface area contributed by atoms with E-state index in [0.29, 0.717) is 57.6 Å². The number of fused-ring (bicyclic) bond motifs is 3. The van der Waals surface area contributed by atoms with Crippen molar-refractivity contribution in [2.75, 3.05) is 46.9 Å². The van der Waals surface area contributed by atoms with Gasteiger partial charge in [-0.1, -0.05) is 142 Å². The van der Waals surface area contributed by atoms with Crippen molar-refractivity contribution in [1.29, 1.82) is 0 Å². The van der Waals surface area contributed by atoms with Gasteiger partial charge in [0.25, 0.3) is 5.91 Å². The maximum Gasteiger partial charge on any atom is 1.00 e. The van der Waals surface area contributed by atoms with Crippen molar-refractivity contribution >= 4 is 89.3 Å². The molecule has 0 bridgehead atoms. The number of carbonyl (C=O) groups is 12.